The van der Waals surface area contributed by atoms with Crippen LogP contribution in [0.25, 0.3) is 0 Å². The van der Waals surface area contributed by atoms with Crippen molar-refractivity contribution in [1.82, 2.24) is 14.5 Å². The number of hydrogen-bond donors (Lipinski definition) is 2. The fourth-order valence-corrected chi connectivity index (χ4v) is 2.83. The standard InChI is InChI=1S/C11H17N3O6S/c1-11(2,10(17)20-3)13-21(18,19)8-6-12-14(7-8)5-4-9(15)16/h6-7,13H,4-5H2,1-3H3,(H,15,16). The number of aliphatic carboxylic acids is 1. The van der Waals surface area contributed by atoms with Crippen molar-refractivity contribution in [2.24, 2.45) is 0 Å². The number of ether oxygens (including phenoxy) is 1. The smallest absolute Gasteiger partial charge is 0.326 e. The number of esters is 1. The fourth-order valence-electron chi connectivity index (χ4n) is 1.51. The number of carboxylic acid groups (broad SMARTS) is 1. The van der Waals surface area contributed by atoms with Crippen LogP contribution >= 0.6 is 0 Å². The number of carboxylic acids is 1. The average Bonchev–Trinajstić information content (AvgIpc) is 2.83. The van der Waals surface area contributed by atoms with E-state index in [2.05, 4.69) is 14.6 Å². The van der Waals surface area contributed by atoms with Gasteiger partial charge in [-0.2, -0.15) is 9.82 Å². The van der Waals surface area contributed by atoms with E-state index in [0.717, 1.165) is 13.3 Å². The maximum Gasteiger partial charge on any atom is 0.326 e. The number of carbonyl (C=O) groups excluding carboxylic acids is 1. The first kappa shape index (κ1) is 17.1. The van der Waals surface area contributed by atoms with Crippen LogP contribution in [0.1, 0.15) is 20.3 Å². The van der Waals surface area contributed by atoms with Gasteiger partial charge in [0.05, 0.1) is 26.3 Å². The number of hydrogen-bond acceptors (Lipinski definition) is 6. The van der Waals surface area contributed by atoms with Gasteiger partial charge in [-0.25, -0.2) is 8.42 Å². The molecule has 0 unspecified atom stereocenters. The highest BCUT2D eigenvalue weighted by atomic mass is 32.2. The zero-order chi connectivity index (χ0) is 16.3. The topological polar surface area (TPSA) is 128 Å². The third-order valence-electron chi connectivity index (χ3n) is 2.56. The maximum atomic E-state index is 12.1. The van der Waals surface area contributed by atoms with Gasteiger partial charge in [-0.05, 0) is 13.8 Å². The van der Waals surface area contributed by atoms with Crippen LogP contribution in [-0.2, 0) is 30.9 Å². The van der Waals surface area contributed by atoms with Crippen LogP contribution in [0, 0.1) is 0 Å². The van der Waals surface area contributed by atoms with E-state index in [1.54, 1.807) is 0 Å². The molecule has 10 heteroatoms. The van der Waals surface area contributed by atoms with E-state index in [1.165, 1.54) is 24.7 Å². The molecule has 0 fully saturated rings. The molecular weight excluding hydrogens is 302 g/mol. The second-order valence-electron chi connectivity index (χ2n) is 4.80. The molecule has 0 spiro atoms. The van der Waals surface area contributed by atoms with Crippen LogP contribution in [0.5, 0.6) is 0 Å². The largest absolute Gasteiger partial charge is 0.481 e. The molecule has 0 aliphatic rings. The van der Waals surface area contributed by atoms with Crippen LogP contribution in [0.15, 0.2) is 17.3 Å². The van der Waals surface area contributed by atoms with Crippen LogP contribution in [0.4, 0.5) is 0 Å². The van der Waals surface area contributed by atoms with Gasteiger partial charge >= 0.3 is 11.9 Å². The lowest BCUT2D eigenvalue weighted by molar-refractivity contribution is -0.146. The molecule has 2 N–H and O–H groups in total. The number of rotatable bonds is 7. The predicted molar refractivity (Wildman–Crippen MR) is 70.9 cm³/mol. The molecular formula is C11H17N3O6S. The van der Waals surface area contributed by atoms with Gasteiger partial charge in [0, 0.05) is 6.20 Å². The van der Waals surface area contributed by atoms with Gasteiger partial charge in [-0.3, -0.25) is 14.3 Å². The fraction of sp³-hybridized carbons (Fsp3) is 0.545. The average molecular weight is 319 g/mol. The molecule has 118 valence electrons. The summed E-state index contributed by atoms with van der Waals surface area (Å²) in [6.45, 7) is 2.78. The van der Waals surface area contributed by atoms with Crippen LogP contribution in [0.2, 0.25) is 0 Å². The van der Waals surface area contributed by atoms with Gasteiger partial charge in [-0.1, -0.05) is 0 Å². The third kappa shape index (κ3) is 4.53. The summed E-state index contributed by atoms with van der Waals surface area (Å²) >= 11 is 0. The Morgan fingerprint density at radius 1 is 1.48 bits per heavy atom. The quantitative estimate of drug-likeness (QED) is 0.654. The predicted octanol–water partition coefficient (Wildman–Crippen LogP) is -0.412. The summed E-state index contributed by atoms with van der Waals surface area (Å²) in [7, 11) is -2.82. The number of sulfonamides is 1. The van der Waals surface area contributed by atoms with E-state index in [0.29, 0.717) is 0 Å². The molecule has 0 amide bonds. The van der Waals surface area contributed by atoms with E-state index in [-0.39, 0.29) is 17.9 Å². The van der Waals surface area contributed by atoms with Crippen molar-refractivity contribution >= 4 is 22.0 Å². The number of aryl methyl sites for hydroxylation is 1. The number of nitrogens with one attached hydrogen (secondary N) is 1. The molecule has 1 heterocycles. The van der Waals surface area contributed by atoms with E-state index >= 15 is 0 Å². The minimum Gasteiger partial charge on any atom is -0.481 e. The van der Waals surface area contributed by atoms with Gasteiger partial charge in [0.25, 0.3) is 0 Å². The molecule has 1 aromatic heterocycles. The van der Waals surface area contributed by atoms with E-state index < -0.39 is 27.5 Å². The zero-order valence-corrected chi connectivity index (χ0v) is 12.7. The summed E-state index contributed by atoms with van der Waals surface area (Å²) in [5.74, 6) is -1.75. The molecule has 0 aliphatic carbocycles. The minimum absolute atomic E-state index is 0.0469. The maximum absolute atomic E-state index is 12.1. The first-order valence-corrected chi connectivity index (χ1v) is 7.43. The van der Waals surface area contributed by atoms with Gasteiger partial charge in [-0.15, -0.1) is 0 Å². The van der Waals surface area contributed by atoms with Gasteiger partial charge in [0.15, 0.2) is 0 Å². The number of aromatic nitrogens is 2. The number of methoxy groups -OCH3 is 1. The van der Waals surface area contributed by atoms with E-state index in [9.17, 15) is 18.0 Å². The summed E-state index contributed by atoms with van der Waals surface area (Å²) in [6.07, 6.45) is 2.10. The minimum atomic E-state index is -3.97. The van der Waals surface area contributed by atoms with Crippen molar-refractivity contribution in [3.63, 3.8) is 0 Å². The highest BCUT2D eigenvalue weighted by molar-refractivity contribution is 7.89. The molecule has 0 aliphatic heterocycles. The normalized spacial score (nSPS) is 12.1. The molecule has 0 saturated carbocycles. The van der Waals surface area contributed by atoms with Crippen molar-refractivity contribution in [1.29, 1.82) is 0 Å². The van der Waals surface area contributed by atoms with Crippen molar-refractivity contribution in [2.45, 2.75) is 37.2 Å². The SMILES string of the molecule is COC(=O)C(C)(C)NS(=O)(=O)c1cnn(CCC(=O)O)c1. The Kier molecular flexibility index (Phi) is 5.07. The van der Waals surface area contributed by atoms with E-state index in [4.69, 9.17) is 5.11 Å². The number of nitrogens with zero attached hydrogens (tertiary/aromatic N) is 2. The first-order chi connectivity index (χ1) is 9.58. The van der Waals surface area contributed by atoms with Crippen LogP contribution in [0.3, 0.4) is 0 Å². The van der Waals surface area contributed by atoms with Gasteiger partial charge in [0.2, 0.25) is 10.0 Å². The molecule has 0 bridgehead atoms. The first-order valence-electron chi connectivity index (χ1n) is 5.95. The Morgan fingerprint density at radius 3 is 2.62 bits per heavy atom. The lowest BCUT2D eigenvalue weighted by Crippen LogP contribution is -2.50. The molecule has 9 nitrogen and oxygen atoms in total. The zero-order valence-electron chi connectivity index (χ0n) is 11.9. The molecule has 1 rings (SSSR count). The van der Waals surface area contributed by atoms with Crippen molar-refractivity contribution in [3.05, 3.63) is 12.4 Å². The third-order valence-corrected chi connectivity index (χ3v) is 4.17. The Hall–Kier alpha value is -1.94. The summed E-state index contributed by atoms with van der Waals surface area (Å²) in [6, 6.07) is 0. The lowest BCUT2D eigenvalue weighted by Gasteiger charge is -2.22. The Bertz CT molecular complexity index is 634. The Balaban J connectivity index is 2.89. The second kappa shape index (κ2) is 6.22. The molecule has 0 saturated heterocycles. The van der Waals surface area contributed by atoms with Crippen molar-refractivity contribution < 1.29 is 27.9 Å². The molecule has 0 aromatic carbocycles. The van der Waals surface area contributed by atoms with Gasteiger partial charge < -0.3 is 9.84 Å². The monoisotopic (exact) mass is 319 g/mol. The van der Waals surface area contributed by atoms with E-state index in [1.807, 2.05) is 0 Å². The highest BCUT2D eigenvalue weighted by Gasteiger charge is 2.34. The van der Waals surface area contributed by atoms with Crippen molar-refractivity contribution in [3.8, 4) is 0 Å². The Morgan fingerprint density at radius 2 is 2.10 bits per heavy atom. The molecule has 0 radical (unpaired) electrons. The molecule has 21 heavy (non-hydrogen) atoms. The molecule has 0 atom stereocenters. The Labute approximate surface area is 121 Å². The lowest BCUT2D eigenvalue weighted by atomic mass is 10.1. The highest BCUT2D eigenvalue weighted by Crippen LogP contribution is 2.13. The summed E-state index contributed by atoms with van der Waals surface area (Å²) in [5.41, 5.74) is -1.43. The van der Waals surface area contributed by atoms with Gasteiger partial charge in [0.1, 0.15) is 10.4 Å². The van der Waals surface area contributed by atoms with Crippen LogP contribution in [-0.4, -0.2) is 47.9 Å². The molecule has 1 aromatic rings. The van der Waals surface area contributed by atoms with Crippen LogP contribution < -0.4 is 4.72 Å². The number of carbonyl (C=O) groups is 2. The summed E-state index contributed by atoms with van der Waals surface area (Å²) < 4.78 is 32.2. The second-order valence-corrected chi connectivity index (χ2v) is 6.49. The summed E-state index contributed by atoms with van der Waals surface area (Å²) in [5, 5.41) is 12.3. The summed E-state index contributed by atoms with van der Waals surface area (Å²) in [4.78, 5) is 21.8. The van der Waals surface area contributed by atoms with Crippen molar-refractivity contribution in [2.75, 3.05) is 7.11 Å².